The van der Waals surface area contributed by atoms with Gasteiger partial charge in [-0.2, -0.15) is 0 Å². The number of benzene rings is 2. The average Bonchev–Trinajstić information content (AvgIpc) is 2.70. The smallest absolute Gasteiger partial charge is 0.243 e. The second-order valence-corrected chi connectivity index (χ2v) is 7.78. The highest BCUT2D eigenvalue weighted by Gasteiger charge is 2.14. The van der Waals surface area contributed by atoms with Crippen molar-refractivity contribution in [2.24, 2.45) is 0 Å². The van der Waals surface area contributed by atoms with Crippen LogP contribution in [0.15, 0.2) is 36.4 Å². The number of hydrogen-bond donors (Lipinski definition) is 1. The number of hydrogen-bond acceptors (Lipinski definition) is 5. The molecule has 0 atom stereocenters. The van der Waals surface area contributed by atoms with Crippen LogP contribution in [0.1, 0.15) is 16.7 Å². The van der Waals surface area contributed by atoms with Crippen molar-refractivity contribution >= 4 is 29.3 Å². The Hall–Kier alpha value is -2.67. The van der Waals surface area contributed by atoms with Gasteiger partial charge in [-0.25, -0.2) is 0 Å². The number of anilines is 1. The lowest BCUT2D eigenvalue weighted by Crippen LogP contribution is -2.36. The van der Waals surface area contributed by atoms with Gasteiger partial charge in [0.05, 0.1) is 26.5 Å². The lowest BCUT2D eigenvalue weighted by Gasteiger charge is -2.17. The van der Waals surface area contributed by atoms with Crippen LogP contribution in [0.25, 0.3) is 0 Å². The number of rotatable bonds is 9. The molecule has 29 heavy (non-hydrogen) atoms. The van der Waals surface area contributed by atoms with Gasteiger partial charge in [-0.05, 0) is 49.2 Å². The standard InChI is InChI=1S/C22H28N2O4S/c1-15-6-8-18(9-7-15)23-21(25)12-24(3)22(26)14-29-13-17-11-20(28-5)19(27-4)10-16(17)2/h6-11H,12-14H2,1-5H3,(H,23,25). The first-order chi connectivity index (χ1) is 13.8. The highest BCUT2D eigenvalue weighted by atomic mass is 32.2. The number of carbonyl (C=O) groups is 2. The van der Waals surface area contributed by atoms with Gasteiger partial charge in [-0.3, -0.25) is 9.59 Å². The molecule has 6 nitrogen and oxygen atoms in total. The molecule has 0 aromatic heterocycles. The third-order valence-corrected chi connectivity index (χ3v) is 5.43. The number of carbonyl (C=O) groups excluding carboxylic acids is 2. The summed E-state index contributed by atoms with van der Waals surface area (Å²) < 4.78 is 10.6. The van der Waals surface area contributed by atoms with Gasteiger partial charge in [0.1, 0.15) is 0 Å². The normalized spacial score (nSPS) is 10.4. The van der Waals surface area contributed by atoms with Gasteiger partial charge in [0.15, 0.2) is 11.5 Å². The van der Waals surface area contributed by atoms with Crippen LogP contribution in [0, 0.1) is 13.8 Å². The Balaban J connectivity index is 1.82. The highest BCUT2D eigenvalue weighted by Crippen LogP contribution is 2.31. The predicted octanol–water partition coefficient (Wildman–Crippen LogP) is 3.65. The van der Waals surface area contributed by atoms with Gasteiger partial charge in [0, 0.05) is 18.5 Å². The molecule has 0 radical (unpaired) electrons. The first-order valence-corrected chi connectivity index (χ1v) is 10.4. The molecule has 156 valence electrons. The Labute approximate surface area is 176 Å². The van der Waals surface area contributed by atoms with Crippen LogP contribution in [0.2, 0.25) is 0 Å². The molecule has 2 aromatic carbocycles. The summed E-state index contributed by atoms with van der Waals surface area (Å²) in [5, 5.41) is 2.80. The molecule has 0 fully saturated rings. The maximum Gasteiger partial charge on any atom is 0.243 e. The van der Waals surface area contributed by atoms with E-state index in [1.54, 1.807) is 21.3 Å². The van der Waals surface area contributed by atoms with Crippen LogP contribution in [0.3, 0.4) is 0 Å². The van der Waals surface area contributed by atoms with Crippen LogP contribution >= 0.6 is 11.8 Å². The first kappa shape index (κ1) is 22.6. The van der Waals surface area contributed by atoms with E-state index in [0.717, 1.165) is 22.4 Å². The molecule has 0 aliphatic heterocycles. The molecule has 0 unspecified atom stereocenters. The third-order valence-electron chi connectivity index (χ3n) is 4.47. The van der Waals surface area contributed by atoms with Crippen LogP contribution in [0.5, 0.6) is 11.5 Å². The van der Waals surface area contributed by atoms with E-state index in [-0.39, 0.29) is 18.4 Å². The Morgan fingerprint density at radius 2 is 1.66 bits per heavy atom. The number of amides is 2. The maximum absolute atomic E-state index is 12.4. The number of ether oxygens (including phenoxy) is 2. The summed E-state index contributed by atoms with van der Waals surface area (Å²) in [6.07, 6.45) is 0. The summed E-state index contributed by atoms with van der Waals surface area (Å²) in [5.41, 5.74) is 4.01. The maximum atomic E-state index is 12.4. The zero-order chi connectivity index (χ0) is 21.4. The summed E-state index contributed by atoms with van der Waals surface area (Å²) in [6, 6.07) is 11.4. The lowest BCUT2D eigenvalue weighted by molar-refractivity contribution is -0.131. The highest BCUT2D eigenvalue weighted by molar-refractivity contribution is 7.99. The number of aryl methyl sites for hydroxylation is 2. The van der Waals surface area contributed by atoms with Gasteiger partial charge in [-0.15, -0.1) is 11.8 Å². The average molecular weight is 417 g/mol. The van der Waals surface area contributed by atoms with Crippen molar-refractivity contribution in [1.29, 1.82) is 0 Å². The number of likely N-dealkylation sites (N-methyl/N-ethyl adjacent to an activating group) is 1. The van der Waals surface area contributed by atoms with Crippen molar-refractivity contribution < 1.29 is 19.1 Å². The molecule has 2 rings (SSSR count). The van der Waals surface area contributed by atoms with Crippen molar-refractivity contribution in [3.8, 4) is 11.5 Å². The van der Waals surface area contributed by atoms with E-state index in [2.05, 4.69) is 5.32 Å². The minimum absolute atomic E-state index is 0.0165. The molecule has 0 aliphatic carbocycles. The quantitative estimate of drug-likeness (QED) is 0.676. The monoisotopic (exact) mass is 416 g/mol. The molecule has 0 saturated carbocycles. The molecule has 7 heteroatoms. The Morgan fingerprint density at radius 1 is 1.03 bits per heavy atom. The van der Waals surface area contributed by atoms with E-state index >= 15 is 0 Å². The first-order valence-electron chi connectivity index (χ1n) is 9.23. The van der Waals surface area contributed by atoms with E-state index in [9.17, 15) is 9.59 Å². The largest absolute Gasteiger partial charge is 0.493 e. The number of thioether (sulfide) groups is 1. The fourth-order valence-electron chi connectivity index (χ4n) is 2.68. The number of nitrogens with zero attached hydrogens (tertiary/aromatic N) is 1. The molecular formula is C22H28N2O4S. The van der Waals surface area contributed by atoms with Crippen molar-refractivity contribution in [3.05, 3.63) is 53.1 Å². The SMILES string of the molecule is COc1cc(C)c(CSCC(=O)N(C)CC(=O)Nc2ccc(C)cc2)cc1OC. The van der Waals surface area contributed by atoms with E-state index in [4.69, 9.17) is 9.47 Å². The van der Waals surface area contributed by atoms with E-state index in [0.29, 0.717) is 23.0 Å². The van der Waals surface area contributed by atoms with Crippen molar-refractivity contribution in [3.63, 3.8) is 0 Å². The minimum atomic E-state index is -0.217. The number of methoxy groups -OCH3 is 2. The second-order valence-electron chi connectivity index (χ2n) is 6.79. The molecule has 0 heterocycles. The summed E-state index contributed by atoms with van der Waals surface area (Å²) in [5.74, 6) is 2.01. The number of nitrogens with one attached hydrogen (secondary N) is 1. The Morgan fingerprint density at radius 3 is 2.28 bits per heavy atom. The second kappa shape index (κ2) is 10.8. The lowest BCUT2D eigenvalue weighted by atomic mass is 10.1. The molecular weight excluding hydrogens is 388 g/mol. The zero-order valence-corrected chi connectivity index (χ0v) is 18.4. The molecule has 2 amide bonds. The Kier molecular flexibility index (Phi) is 8.39. The third kappa shape index (κ3) is 6.71. The molecule has 0 bridgehead atoms. The van der Waals surface area contributed by atoms with E-state index in [1.807, 2.05) is 50.2 Å². The fourth-order valence-corrected chi connectivity index (χ4v) is 3.71. The summed E-state index contributed by atoms with van der Waals surface area (Å²) in [4.78, 5) is 25.9. The van der Waals surface area contributed by atoms with Gasteiger partial charge >= 0.3 is 0 Å². The van der Waals surface area contributed by atoms with Crippen LogP contribution in [0.4, 0.5) is 5.69 Å². The van der Waals surface area contributed by atoms with Gasteiger partial charge < -0.3 is 19.7 Å². The predicted molar refractivity (Wildman–Crippen MR) is 118 cm³/mol. The Bertz CT molecular complexity index is 853. The van der Waals surface area contributed by atoms with Crippen LogP contribution in [-0.2, 0) is 15.3 Å². The van der Waals surface area contributed by atoms with Crippen molar-refractivity contribution in [2.75, 3.05) is 38.9 Å². The molecule has 2 aromatic rings. The molecule has 0 spiro atoms. The van der Waals surface area contributed by atoms with E-state index in [1.165, 1.54) is 16.7 Å². The van der Waals surface area contributed by atoms with Gasteiger partial charge in [-0.1, -0.05) is 17.7 Å². The summed E-state index contributed by atoms with van der Waals surface area (Å²) in [6.45, 7) is 4.00. The van der Waals surface area contributed by atoms with Gasteiger partial charge in [0.2, 0.25) is 11.8 Å². The molecule has 0 aliphatic rings. The van der Waals surface area contributed by atoms with Crippen molar-refractivity contribution in [1.82, 2.24) is 4.90 Å². The van der Waals surface area contributed by atoms with E-state index < -0.39 is 0 Å². The minimum Gasteiger partial charge on any atom is -0.493 e. The topological polar surface area (TPSA) is 67.9 Å². The van der Waals surface area contributed by atoms with Crippen LogP contribution in [-0.4, -0.2) is 50.3 Å². The fraction of sp³-hybridized carbons (Fsp3) is 0.364. The van der Waals surface area contributed by atoms with Crippen LogP contribution < -0.4 is 14.8 Å². The zero-order valence-electron chi connectivity index (χ0n) is 17.6. The summed E-state index contributed by atoms with van der Waals surface area (Å²) in [7, 11) is 4.85. The molecule has 0 saturated heterocycles. The summed E-state index contributed by atoms with van der Waals surface area (Å²) >= 11 is 1.50. The molecule has 1 N–H and O–H groups in total. The van der Waals surface area contributed by atoms with Gasteiger partial charge in [0.25, 0.3) is 0 Å². The van der Waals surface area contributed by atoms with Crippen molar-refractivity contribution in [2.45, 2.75) is 19.6 Å².